The molecule has 0 aromatic heterocycles. The smallest absolute Gasteiger partial charge is 0.267 e. The molecular formula is C22H27N3O5S. The van der Waals surface area contributed by atoms with E-state index in [1.807, 2.05) is 31.2 Å². The summed E-state index contributed by atoms with van der Waals surface area (Å²) in [4.78, 5) is 17.8. The van der Waals surface area contributed by atoms with Crippen molar-refractivity contribution in [2.45, 2.75) is 37.7 Å². The minimum Gasteiger partial charge on any atom is -0.493 e. The number of ether oxygens (including phenoxy) is 1. The zero-order chi connectivity index (χ0) is 22.3. The molecule has 1 amide bonds. The van der Waals surface area contributed by atoms with Crippen molar-refractivity contribution in [3.63, 3.8) is 0 Å². The molecular weight excluding hydrogens is 418 g/mol. The fraction of sp³-hybridized carbons (Fsp3) is 0.364. The second kappa shape index (κ2) is 10.4. The van der Waals surface area contributed by atoms with E-state index in [1.165, 1.54) is 22.7 Å². The van der Waals surface area contributed by atoms with Crippen molar-refractivity contribution in [3.8, 4) is 5.75 Å². The van der Waals surface area contributed by atoms with Crippen LogP contribution in [-0.2, 0) is 19.7 Å². The van der Waals surface area contributed by atoms with Gasteiger partial charge in [-0.25, -0.2) is 8.42 Å². The number of anilines is 1. The van der Waals surface area contributed by atoms with Crippen LogP contribution in [0.25, 0.3) is 0 Å². The van der Waals surface area contributed by atoms with E-state index in [0.29, 0.717) is 31.1 Å². The predicted molar refractivity (Wildman–Crippen MR) is 119 cm³/mol. The Balaban J connectivity index is 1.56. The highest BCUT2D eigenvalue weighted by Crippen LogP contribution is 2.22. The van der Waals surface area contributed by atoms with Gasteiger partial charge in [0, 0.05) is 24.3 Å². The van der Waals surface area contributed by atoms with E-state index in [1.54, 1.807) is 19.1 Å². The molecule has 1 N–H and O–H groups in total. The number of nitrogens with one attached hydrogen (secondary N) is 1. The molecule has 0 radical (unpaired) electrons. The second-order valence-corrected chi connectivity index (χ2v) is 9.02. The zero-order valence-electron chi connectivity index (χ0n) is 17.7. The lowest BCUT2D eigenvalue weighted by Gasteiger charge is -2.16. The average Bonchev–Trinajstić information content (AvgIpc) is 3.31. The van der Waals surface area contributed by atoms with Crippen LogP contribution in [0.2, 0.25) is 0 Å². The van der Waals surface area contributed by atoms with Crippen LogP contribution in [0.3, 0.4) is 0 Å². The number of sulfonamides is 1. The molecule has 1 atom stereocenters. The van der Waals surface area contributed by atoms with Crippen molar-refractivity contribution in [3.05, 3.63) is 54.1 Å². The van der Waals surface area contributed by atoms with Gasteiger partial charge in [-0.3, -0.25) is 4.79 Å². The van der Waals surface area contributed by atoms with Gasteiger partial charge in [0.15, 0.2) is 0 Å². The van der Waals surface area contributed by atoms with Crippen LogP contribution >= 0.6 is 0 Å². The van der Waals surface area contributed by atoms with E-state index in [4.69, 9.17) is 9.57 Å². The molecule has 2 aromatic carbocycles. The van der Waals surface area contributed by atoms with Crippen molar-refractivity contribution in [2.75, 3.05) is 25.0 Å². The van der Waals surface area contributed by atoms with Crippen LogP contribution in [0.1, 0.15) is 32.3 Å². The first-order valence-corrected chi connectivity index (χ1v) is 11.7. The topological polar surface area (TPSA) is 97.3 Å². The van der Waals surface area contributed by atoms with Gasteiger partial charge in [0.1, 0.15) is 5.75 Å². The third-order valence-corrected chi connectivity index (χ3v) is 6.74. The predicted octanol–water partition coefficient (Wildman–Crippen LogP) is 3.25. The summed E-state index contributed by atoms with van der Waals surface area (Å²) in [5.41, 5.74) is 1.22. The van der Waals surface area contributed by atoms with Crippen LogP contribution in [-0.4, -0.2) is 50.6 Å². The van der Waals surface area contributed by atoms with Crippen LogP contribution < -0.4 is 10.1 Å². The Morgan fingerprint density at radius 3 is 2.52 bits per heavy atom. The van der Waals surface area contributed by atoms with E-state index in [-0.39, 0.29) is 4.90 Å². The first kappa shape index (κ1) is 22.8. The summed E-state index contributed by atoms with van der Waals surface area (Å²) < 4.78 is 32.1. The molecule has 0 bridgehead atoms. The maximum Gasteiger partial charge on any atom is 0.267 e. The molecule has 0 saturated carbocycles. The van der Waals surface area contributed by atoms with Crippen molar-refractivity contribution in [1.82, 2.24) is 4.31 Å². The Morgan fingerprint density at radius 1 is 1.16 bits per heavy atom. The first-order chi connectivity index (χ1) is 14.9. The maximum absolute atomic E-state index is 12.6. The molecule has 1 unspecified atom stereocenters. The Morgan fingerprint density at radius 2 is 1.84 bits per heavy atom. The minimum absolute atomic E-state index is 0.217. The molecule has 1 aliphatic heterocycles. The zero-order valence-corrected chi connectivity index (χ0v) is 18.5. The standard InChI is InChI=1S/C22H27N3O5S/c1-3-29-21-9-5-4-8-18(21)16-23-30-17(2)22(26)24-19-10-12-20(13-11-19)31(27,28)25-14-6-7-15-25/h4-5,8-13,16-17H,3,6-7,14-15H2,1-2H3,(H,24,26)/b23-16+. The number of oxime groups is 1. The Kier molecular flexibility index (Phi) is 7.64. The number of benzene rings is 2. The van der Waals surface area contributed by atoms with E-state index >= 15 is 0 Å². The molecule has 9 heteroatoms. The number of rotatable bonds is 9. The fourth-order valence-electron chi connectivity index (χ4n) is 3.13. The van der Waals surface area contributed by atoms with Crippen molar-refractivity contribution in [2.24, 2.45) is 5.16 Å². The van der Waals surface area contributed by atoms with Gasteiger partial charge < -0.3 is 14.9 Å². The summed E-state index contributed by atoms with van der Waals surface area (Å²) in [7, 11) is -3.48. The third kappa shape index (κ3) is 5.83. The Bertz CT molecular complexity index is 1020. The van der Waals surface area contributed by atoms with Crippen LogP contribution in [0, 0.1) is 0 Å². The molecule has 1 fully saturated rings. The van der Waals surface area contributed by atoms with Crippen molar-refractivity contribution >= 4 is 27.8 Å². The molecule has 8 nitrogen and oxygen atoms in total. The van der Waals surface area contributed by atoms with E-state index in [0.717, 1.165) is 18.4 Å². The number of carbonyl (C=O) groups is 1. The fourth-order valence-corrected chi connectivity index (χ4v) is 4.65. The van der Waals surface area contributed by atoms with Crippen molar-refractivity contribution < 1.29 is 22.8 Å². The van der Waals surface area contributed by atoms with Gasteiger partial charge in [0.25, 0.3) is 5.91 Å². The van der Waals surface area contributed by atoms with Gasteiger partial charge in [0.05, 0.1) is 17.7 Å². The molecule has 1 aliphatic rings. The number of hydrogen-bond acceptors (Lipinski definition) is 6. The highest BCUT2D eigenvalue weighted by molar-refractivity contribution is 7.89. The molecule has 0 spiro atoms. The number of hydrogen-bond donors (Lipinski definition) is 1. The van der Waals surface area contributed by atoms with E-state index < -0.39 is 22.0 Å². The Hall–Kier alpha value is -2.91. The lowest BCUT2D eigenvalue weighted by atomic mass is 10.2. The van der Waals surface area contributed by atoms with Gasteiger partial charge in [-0.15, -0.1) is 0 Å². The molecule has 3 rings (SSSR count). The molecule has 31 heavy (non-hydrogen) atoms. The average molecular weight is 446 g/mol. The van der Waals surface area contributed by atoms with Crippen LogP contribution in [0.4, 0.5) is 5.69 Å². The summed E-state index contributed by atoms with van der Waals surface area (Å²) in [6.45, 7) is 5.09. The molecule has 1 heterocycles. The highest BCUT2D eigenvalue weighted by atomic mass is 32.2. The third-order valence-electron chi connectivity index (χ3n) is 4.82. The maximum atomic E-state index is 12.6. The molecule has 2 aromatic rings. The number of carbonyl (C=O) groups excluding carboxylic acids is 1. The number of para-hydroxylation sites is 1. The number of nitrogens with zero attached hydrogens (tertiary/aromatic N) is 2. The summed E-state index contributed by atoms with van der Waals surface area (Å²) >= 11 is 0. The lowest BCUT2D eigenvalue weighted by Crippen LogP contribution is -2.28. The summed E-state index contributed by atoms with van der Waals surface area (Å²) in [5.74, 6) is 0.281. The summed E-state index contributed by atoms with van der Waals surface area (Å²) in [6, 6.07) is 13.5. The molecule has 0 aliphatic carbocycles. The first-order valence-electron chi connectivity index (χ1n) is 10.2. The second-order valence-electron chi connectivity index (χ2n) is 7.08. The van der Waals surface area contributed by atoms with Gasteiger partial charge in [-0.1, -0.05) is 17.3 Å². The van der Waals surface area contributed by atoms with E-state index in [9.17, 15) is 13.2 Å². The summed E-state index contributed by atoms with van der Waals surface area (Å²) in [6.07, 6.45) is 2.41. The Labute approximate surface area is 182 Å². The largest absolute Gasteiger partial charge is 0.493 e. The van der Waals surface area contributed by atoms with Crippen LogP contribution in [0.15, 0.2) is 58.6 Å². The van der Waals surface area contributed by atoms with Gasteiger partial charge >= 0.3 is 0 Å². The molecule has 1 saturated heterocycles. The van der Waals surface area contributed by atoms with Gasteiger partial charge in [-0.2, -0.15) is 4.31 Å². The molecule has 166 valence electrons. The SMILES string of the molecule is CCOc1ccccc1/C=N/OC(C)C(=O)Nc1ccc(S(=O)(=O)N2CCCC2)cc1. The monoisotopic (exact) mass is 445 g/mol. The lowest BCUT2D eigenvalue weighted by molar-refractivity contribution is -0.126. The van der Waals surface area contributed by atoms with Gasteiger partial charge in [-0.05, 0) is 63.1 Å². The minimum atomic E-state index is -3.48. The highest BCUT2D eigenvalue weighted by Gasteiger charge is 2.27. The van der Waals surface area contributed by atoms with Crippen molar-refractivity contribution in [1.29, 1.82) is 0 Å². The van der Waals surface area contributed by atoms with Gasteiger partial charge in [0.2, 0.25) is 16.1 Å². The number of amides is 1. The quantitative estimate of drug-likeness (QED) is 0.472. The van der Waals surface area contributed by atoms with Crippen LogP contribution in [0.5, 0.6) is 5.75 Å². The summed E-state index contributed by atoms with van der Waals surface area (Å²) in [5, 5.41) is 6.59. The normalized spacial score (nSPS) is 15.7. The van der Waals surface area contributed by atoms with E-state index in [2.05, 4.69) is 10.5 Å².